The van der Waals surface area contributed by atoms with E-state index >= 15 is 0 Å². The van der Waals surface area contributed by atoms with E-state index in [1.54, 1.807) is 0 Å². The topological polar surface area (TPSA) is 72.8 Å². The van der Waals surface area contributed by atoms with Crippen molar-refractivity contribution in [2.75, 3.05) is 13.4 Å². The lowest BCUT2D eigenvalue weighted by molar-refractivity contribution is 0.409. The molecule has 0 amide bonds. The summed E-state index contributed by atoms with van der Waals surface area (Å²) < 4.78 is 27.6. The zero-order valence-corrected chi connectivity index (χ0v) is 9.74. The van der Waals surface area contributed by atoms with Crippen molar-refractivity contribution in [3.05, 3.63) is 23.8 Å². The SMILES string of the molecule is COc1ccc(S(C)(=O)=O)cc1CN=C=O. The Morgan fingerprint density at radius 2 is 2.12 bits per heavy atom. The van der Waals surface area contributed by atoms with Gasteiger partial charge in [0.1, 0.15) is 5.75 Å². The van der Waals surface area contributed by atoms with E-state index in [4.69, 9.17) is 4.74 Å². The first-order valence-corrected chi connectivity index (χ1v) is 6.29. The maximum Gasteiger partial charge on any atom is 0.235 e. The quantitative estimate of drug-likeness (QED) is 0.580. The summed E-state index contributed by atoms with van der Waals surface area (Å²) in [6.45, 7) is 0.0516. The molecule has 0 radical (unpaired) electrons. The molecule has 5 nitrogen and oxygen atoms in total. The monoisotopic (exact) mass is 241 g/mol. The van der Waals surface area contributed by atoms with Gasteiger partial charge in [-0.3, -0.25) is 0 Å². The normalized spacial score (nSPS) is 10.6. The Morgan fingerprint density at radius 1 is 1.44 bits per heavy atom. The molecule has 0 N–H and O–H groups in total. The minimum Gasteiger partial charge on any atom is -0.496 e. The third-order valence-corrected chi connectivity index (χ3v) is 3.10. The predicted molar refractivity (Wildman–Crippen MR) is 57.9 cm³/mol. The summed E-state index contributed by atoms with van der Waals surface area (Å²) in [6, 6.07) is 4.42. The molecule has 0 heterocycles. The molecule has 0 spiro atoms. The number of benzene rings is 1. The molecule has 1 aromatic rings. The van der Waals surface area contributed by atoms with Gasteiger partial charge in [0.05, 0.1) is 18.6 Å². The van der Waals surface area contributed by atoms with Crippen molar-refractivity contribution >= 4 is 15.9 Å². The first-order chi connectivity index (χ1) is 7.49. The summed E-state index contributed by atoms with van der Waals surface area (Å²) in [7, 11) is -1.81. The molecule has 0 aliphatic carbocycles. The molecule has 86 valence electrons. The third kappa shape index (κ3) is 2.92. The molecule has 6 heteroatoms. The lowest BCUT2D eigenvalue weighted by Gasteiger charge is -2.07. The minimum atomic E-state index is -3.27. The van der Waals surface area contributed by atoms with Crippen molar-refractivity contribution in [1.29, 1.82) is 0 Å². The molecule has 1 rings (SSSR count). The number of methoxy groups -OCH3 is 1. The van der Waals surface area contributed by atoms with E-state index in [-0.39, 0.29) is 11.4 Å². The van der Waals surface area contributed by atoms with E-state index in [9.17, 15) is 13.2 Å². The van der Waals surface area contributed by atoms with Crippen LogP contribution in [0, 0.1) is 0 Å². The van der Waals surface area contributed by atoms with Crippen LogP contribution in [0.4, 0.5) is 0 Å². The van der Waals surface area contributed by atoms with Crippen molar-refractivity contribution in [2.45, 2.75) is 11.4 Å². The summed E-state index contributed by atoms with van der Waals surface area (Å²) in [5, 5.41) is 0. The first kappa shape index (κ1) is 12.4. The van der Waals surface area contributed by atoms with Gasteiger partial charge < -0.3 is 4.74 Å². The minimum absolute atomic E-state index is 0.0516. The molecule has 0 aromatic heterocycles. The van der Waals surface area contributed by atoms with Gasteiger partial charge in [0, 0.05) is 11.8 Å². The fraction of sp³-hybridized carbons (Fsp3) is 0.300. The number of hydrogen-bond acceptors (Lipinski definition) is 5. The number of nitrogens with zero attached hydrogens (tertiary/aromatic N) is 1. The number of carbonyl (C=O) groups excluding carboxylic acids is 1. The van der Waals surface area contributed by atoms with Crippen LogP contribution in [0.1, 0.15) is 5.56 Å². The van der Waals surface area contributed by atoms with Crippen molar-refractivity contribution in [3.8, 4) is 5.75 Å². The van der Waals surface area contributed by atoms with Gasteiger partial charge in [0.25, 0.3) is 0 Å². The highest BCUT2D eigenvalue weighted by molar-refractivity contribution is 7.90. The molecular formula is C10H11NO4S. The van der Waals surface area contributed by atoms with Crippen LogP contribution in [-0.4, -0.2) is 27.9 Å². The lowest BCUT2D eigenvalue weighted by atomic mass is 10.2. The Morgan fingerprint density at radius 3 is 2.62 bits per heavy atom. The number of hydrogen-bond donors (Lipinski definition) is 0. The van der Waals surface area contributed by atoms with E-state index < -0.39 is 9.84 Å². The molecule has 0 atom stereocenters. The van der Waals surface area contributed by atoms with E-state index in [0.717, 1.165) is 6.26 Å². The second-order valence-electron chi connectivity index (χ2n) is 3.15. The van der Waals surface area contributed by atoms with Crippen LogP contribution in [0.5, 0.6) is 5.75 Å². The second-order valence-corrected chi connectivity index (χ2v) is 5.17. The fourth-order valence-electron chi connectivity index (χ4n) is 1.23. The molecule has 1 aromatic carbocycles. The Labute approximate surface area is 93.7 Å². The fourth-order valence-corrected chi connectivity index (χ4v) is 1.90. The van der Waals surface area contributed by atoms with Crippen molar-refractivity contribution in [1.82, 2.24) is 0 Å². The highest BCUT2D eigenvalue weighted by Crippen LogP contribution is 2.22. The highest BCUT2D eigenvalue weighted by atomic mass is 32.2. The number of rotatable bonds is 4. The van der Waals surface area contributed by atoms with Crippen LogP contribution in [-0.2, 0) is 21.2 Å². The van der Waals surface area contributed by atoms with Crippen LogP contribution in [0.2, 0.25) is 0 Å². The number of ether oxygens (including phenoxy) is 1. The van der Waals surface area contributed by atoms with Crippen LogP contribution in [0.15, 0.2) is 28.1 Å². The lowest BCUT2D eigenvalue weighted by Crippen LogP contribution is -1.99. The Kier molecular flexibility index (Phi) is 3.82. The van der Waals surface area contributed by atoms with Crippen LogP contribution in [0.3, 0.4) is 0 Å². The van der Waals surface area contributed by atoms with Gasteiger partial charge in [-0.05, 0) is 18.2 Å². The van der Waals surface area contributed by atoms with Crippen LogP contribution < -0.4 is 4.74 Å². The zero-order valence-electron chi connectivity index (χ0n) is 8.93. The van der Waals surface area contributed by atoms with Gasteiger partial charge in [0.15, 0.2) is 9.84 Å². The first-order valence-electron chi connectivity index (χ1n) is 4.39. The molecule has 0 aliphatic heterocycles. The molecule has 0 bridgehead atoms. The summed E-state index contributed by atoms with van der Waals surface area (Å²) in [6.07, 6.45) is 2.51. The highest BCUT2D eigenvalue weighted by Gasteiger charge is 2.11. The Bertz CT molecular complexity index is 530. The van der Waals surface area contributed by atoms with Gasteiger partial charge in [-0.25, -0.2) is 18.2 Å². The maximum absolute atomic E-state index is 11.3. The van der Waals surface area contributed by atoms with E-state index in [2.05, 4.69) is 4.99 Å². The van der Waals surface area contributed by atoms with E-state index in [1.807, 2.05) is 0 Å². The van der Waals surface area contributed by atoms with Gasteiger partial charge in [0.2, 0.25) is 6.08 Å². The van der Waals surface area contributed by atoms with Crippen LogP contribution >= 0.6 is 0 Å². The van der Waals surface area contributed by atoms with Gasteiger partial charge in [-0.2, -0.15) is 0 Å². The van der Waals surface area contributed by atoms with Crippen molar-refractivity contribution in [2.24, 2.45) is 4.99 Å². The van der Waals surface area contributed by atoms with Gasteiger partial charge >= 0.3 is 0 Å². The largest absolute Gasteiger partial charge is 0.496 e. The maximum atomic E-state index is 11.3. The van der Waals surface area contributed by atoms with E-state index in [0.29, 0.717) is 11.3 Å². The summed E-state index contributed by atoms with van der Waals surface area (Å²) in [5.74, 6) is 0.492. The number of isocyanates is 1. The average molecular weight is 241 g/mol. The smallest absolute Gasteiger partial charge is 0.235 e. The molecular weight excluding hydrogens is 230 g/mol. The number of aliphatic imine (C=N–C) groups is 1. The van der Waals surface area contributed by atoms with E-state index in [1.165, 1.54) is 31.4 Å². The number of sulfone groups is 1. The standard InChI is InChI=1S/C10H11NO4S/c1-15-10-4-3-9(16(2,13)14)5-8(10)6-11-7-12/h3-5H,6H2,1-2H3. The summed E-state index contributed by atoms with van der Waals surface area (Å²) in [4.78, 5) is 13.6. The Balaban J connectivity index is 3.26. The molecule has 0 aliphatic rings. The molecule has 0 saturated carbocycles. The Hall–Kier alpha value is -1.65. The molecule has 0 fully saturated rings. The summed E-state index contributed by atoms with van der Waals surface area (Å²) >= 11 is 0. The van der Waals surface area contributed by atoms with Crippen LogP contribution in [0.25, 0.3) is 0 Å². The van der Waals surface area contributed by atoms with Crippen molar-refractivity contribution < 1.29 is 17.9 Å². The molecule has 0 saturated heterocycles. The molecule has 0 unspecified atom stereocenters. The molecule has 16 heavy (non-hydrogen) atoms. The zero-order chi connectivity index (χ0) is 12.2. The third-order valence-electron chi connectivity index (χ3n) is 1.99. The predicted octanol–water partition coefficient (Wildman–Crippen LogP) is 0.934. The van der Waals surface area contributed by atoms with Crippen molar-refractivity contribution in [3.63, 3.8) is 0 Å². The average Bonchev–Trinajstić information content (AvgIpc) is 2.24. The second kappa shape index (κ2) is 4.92. The van der Waals surface area contributed by atoms with Gasteiger partial charge in [-0.15, -0.1) is 0 Å². The summed E-state index contributed by atoms with van der Waals surface area (Å²) in [5.41, 5.74) is 0.536. The van der Waals surface area contributed by atoms with Gasteiger partial charge in [-0.1, -0.05) is 0 Å².